The van der Waals surface area contributed by atoms with Gasteiger partial charge in [0.1, 0.15) is 17.7 Å². The van der Waals surface area contributed by atoms with Crippen LogP contribution in [0, 0.1) is 11.6 Å². The number of ether oxygens (including phenoxy) is 1. The van der Waals surface area contributed by atoms with Gasteiger partial charge in [0.2, 0.25) is 0 Å². The molecule has 2 aliphatic heterocycles. The van der Waals surface area contributed by atoms with Crippen LogP contribution in [0.25, 0.3) is 0 Å². The highest BCUT2D eigenvalue weighted by atomic mass is 32.1. The Morgan fingerprint density at radius 1 is 1.35 bits per heavy atom. The number of aromatic nitrogens is 1. The molecule has 138 valence electrons. The van der Waals surface area contributed by atoms with E-state index in [9.17, 15) is 13.6 Å². The van der Waals surface area contributed by atoms with Crippen LogP contribution in [0.2, 0.25) is 0 Å². The first kappa shape index (κ1) is 17.5. The van der Waals surface area contributed by atoms with E-state index < -0.39 is 11.6 Å². The lowest BCUT2D eigenvalue weighted by Gasteiger charge is -2.25. The van der Waals surface area contributed by atoms with Gasteiger partial charge in [0, 0.05) is 43.6 Å². The molecule has 0 radical (unpaired) electrons. The molecule has 0 spiro atoms. The van der Waals surface area contributed by atoms with Gasteiger partial charge in [-0.15, -0.1) is 11.3 Å². The number of thiazole rings is 1. The molecule has 2 aliphatic rings. The molecule has 3 heterocycles. The van der Waals surface area contributed by atoms with Gasteiger partial charge in [-0.25, -0.2) is 13.8 Å². The Morgan fingerprint density at radius 3 is 2.88 bits per heavy atom. The zero-order chi connectivity index (χ0) is 18.1. The van der Waals surface area contributed by atoms with E-state index in [1.807, 2.05) is 0 Å². The number of benzene rings is 1. The monoisotopic (exact) mass is 379 g/mol. The minimum atomic E-state index is -0.561. The average molecular weight is 379 g/mol. The number of hydrogen-bond donors (Lipinski definition) is 1. The highest BCUT2D eigenvalue weighted by molar-refractivity contribution is 7.15. The summed E-state index contributed by atoms with van der Waals surface area (Å²) in [6.07, 6.45) is 2.02. The summed E-state index contributed by atoms with van der Waals surface area (Å²) in [5, 5.41) is 3.44. The molecule has 1 unspecified atom stereocenters. The molecule has 8 heteroatoms. The maximum absolute atomic E-state index is 13.4. The van der Waals surface area contributed by atoms with E-state index >= 15 is 0 Å². The first-order chi connectivity index (χ1) is 12.6. The maximum atomic E-state index is 13.4. The van der Waals surface area contributed by atoms with Crippen LogP contribution in [0.5, 0.6) is 0 Å². The second kappa shape index (κ2) is 7.38. The zero-order valence-electron chi connectivity index (χ0n) is 14.1. The van der Waals surface area contributed by atoms with Crippen molar-refractivity contribution in [1.29, 1.82) is 0 Å². The van der Waals surface area contributed by atoms with Crippen LogP contribution in [0.15, 0.2) is 18.2 Å². The Morgan fingerprint density at radius 2 is 2.15 bits per heavy atom. The van der Waals surface area contributed by atoms with Gasteiger partial charge in [-0.1, -0.05) is 0 Å². The van der Waals surface area contributed by atoms with Crippen LogP contribution in [0.1, 0.15) is 29.0 Å². The van der Waals surface area contributed by atoms with Gasteiger partial charge in [-0.05, 0) is 30.5 Å². The summed E-state index contributed by atoms with van der Waals surface area (Å²) in [5.41, 5.74) is 1.60. The van der Waals surface area contributed by atoms with Gasteiger partial charge in [0.05, 0.1) is 5.69 Å². The maximum Gasteiger partial charge on any atom is 0.255 e. The summed E-state index contributed by atoms with van der Waals surface area (Å²) < 4.78 is 32.1. The molecule has 2 aromatic rings. The molecular weight excluding hydrogens is 360 g/mol. The van der Waals surface area contributed by atoms with E-state index in [2.05, 4.69) is 15.2 Å². The minimum Gasteiger partial charge on any atom is -0.368 e. The lowest BCUT2D eigenvalue weighted by molar-refractivity contribution is -0.124. The predicted molar refractivity (Wildman–Crippen MR) is 93.9 cm³/mol. The summed E-state index contributed by atoms with van der Waals surface area (Å²) in [6, 6.07) is 3.60. The number of halogens is 2. The number of amides is 1. The molecule has 4 rings (SSSR count). The molecule has 0 saturated carbocycles. The van der Waals surface area contributed by atoms with Crippen molar-refractivity contribution in [1.82, 2.24) is 9.88 Å². The Hall–Kier alpha value is -1.90. The third kappa shape index (κ3) is 3.92. The molecule has 1 saturated heterocycles. The largest absolute Gasteiger partial charge is 0.368 e. The number of anilines is 1. The normalized spacial score (nSPS) is 20.2. The molecule has 1 aromatic carbocycles. The molecule has 1 fully saturated rings. The lowest BCUT2D eigenvalue weighted by Crippen LogP contribution is -2.29. The molecule has 1 amide bonds. The van der Waals surface area contributed by atoms with Crippen LogP contribution in [0.4, 0.5) is 13.9 Å². The number of rotatable bonds is 4. The topological polar surface area (TPSA) is 54.5 Å². The summed E-state index contributed by atoms with van der Waals surface area (Å²) in [6.45, 7) is 2.51. The highest BCUT2D eigenvalue weighted by Gasteiger charge is 2.26. The van der Waals surface area contributed by atoms with Crippen molar-refractivity contribution in [2.24, 2.45) is 0 Å². The fraction of sp³-hybridized carbons (Fsp3) is 0.444. The molecule has 5 nitrogen and oxygen atoms in total. The molecule has 1 N–H and O–H groups in total. The second-order valence-electron chi connectivity index (χ2n) is 6.62. The van der Waals surface area contributed by atoms with Gasteiger partial charge < -0.3 is 4.74 Å². The van der Waals surface area contributed by atoms with E-state index in [4.69, 9.17) is 4.74 Å². The van der Waals surface area contributed by atoms with Crippen molar-refractivity contribution in [2.45, 2.75) is 38.5 Å². The Kier molecular flexibility index (Phi) is 4.97. The fourth-order valence-electron chi connectivity index (χ4n) is 3.37. The number of fused-ring (bicyclic) bond motifs is 1. The summed E-state index contributed by atoms with van der Waals surface area (Å²) in [7, 11) is 0. The zero-order valence-corrected chi connectivity index (χ0v) is 15.0. The smallest absolute Gasteiger partial charge is 0.255 e. The quantitative estimate of drug-likeness (QED) is 0.887. The Bertz CT molecular complexity index is 801. The van der Waals surface area contributed by atoms with E-state index in [-0.39, 0.29) is 12.0 Å². The van der Waals surface area contributed by atoms with Crippen molar-refractivity contribution in [3.8, 4) is 0 Å². The van der Waals surface area contributed by atoms with Crippen LogP contribution < -0.4 is 5.32 Å². The van der Waals surface area contributed by atoms with E-state index in [0.717, 1.165) is 42.4 Å². The lowest BCUT2D eigenvalue weighted by atomic mass is 10.1. The average Bonchev–Trinajstić information content (AvgIpc) is 3.22. The highest BCUT2D eigenvalue weighted by Crippen LogP contribution is 2.29. The van der Waals surface area contributed by atoms with Crippen molar-refractivity contribution >= 4 is 22.4 Å². The predicted octanol–water partition coefficient (Wildman–Crippen LogP) is 3.10. The number of carbonyl (C=O) groups excluding carboxylic acids is 1. The van der Waals surface area contributed by atoms with Crippen LogP contribution in [-0.2, 0) is 29.0 Å². The first-order valence-electron chi connectivity index (χ1n) is 8.65. The molecule has 0 bridgehead atoms. The van der Waals surface area contributed by atoms with Gasteiger partial charge in [-0.2, -0.15) is 0 Å². The van der Waals surface area contributed by atoms with Crippen molar-refractivity contribution in [3.05, 3.63) is 46.0 Å². The van der Waals surface area contributed by atoms with Gasteiger partial charge >= 0.3 is 0 Å². The van der Waals surface area contributed by atoms with E-state index in [0.29, 0.717) is 30.4 Å². The standard InChI is InChI=1S/C18H19F2N3O2S/c19-12-6-11(7-13(20)8-12)9-23-4-3-14-16(10-23)26-18(21-14)22-17(24)15-2-1-5-25-15/h6-8,15H,1-5,9-10H2,(H,21,22,24). The summed E-state index contributed by atoms with van der Waals surface area (Å²) in [5.74, 6) is -1.26. The SMILES string of the molecule is O=C(Nc1nc2c(s1)CN(Cc1cc(F)cc(F)c1)CC2)C1CCCO1. The van der Waals surface area contributed by atoms with Gasteiger partial charge in [0.15, 0.2) is 5.13 Å². The third-order valence-electron chi connectivity index (χ3n) is 4.59. The third-order valence-corrected chi connectivity index (χ3v) is 5.59. The number of carbonyl (C=O) groups is 1. The molecule has 1 aromatic heterocycles. The van der Waals surface area contributed by atoms with Gasteiger partial charge in [0.25, 0.3) is 5.91 Å². The minimum absolute atomic E-state index is 0.138. The van der Waals surface area contributed by atoms with E-state index in [1.54, 1.807) is 0 Å². The molecule has 0 aliphatic carbocycles. The molecular formula is C18H19F2N3O2S. The number of hydrogen-bond acceptors (Lipinski definition) is 5. The van der Waals surface area contributed by atoms with Crippen LogP contribution >= 0.6 is 11.3 Å². The van der Waals surface area contributed by atoms with Crippen LogP contribution in [-0.4, -0.2) is 35.0 Å². The van der Waals surface area contributed by atoms with Gasteiger partial charge in [-0.3, -0.25) is 15.0 Å². The van der Waals surface area contributed by atoms with Crippen molar-refractivity contribution in [3.63, 3.8) is 0 Å². The van der Waals surface area contributed by atoms with Crippen molar-refractivity contribution in [2.75, 3.05) is 18.5 Å². The fourth-order valence-corrected chi connectivity index (χ4v) is 4.42. The Balaban J connectivity index is 1.40. The second-order valence-corrected chi connectivity index (χ2v) is 7.70. The summed E-state index contributed by atoms with van der Waals surface area (Å²) in [4.78, 5) is 19.9. The van der Waals surface area contributed by atoms with Crippen molar-refractivity contribution < 1.29 is 18.3 Å². The van der Waals surface area contributed by atoms with E-state index in [1.165, 1.54) is 23.5 Å². The Labute approximate surface area is 154 Å². The first-order valence-corrected chi connectivity index (χ1v) is 9.47. The molecule has 26 heavy (non-hydrogen) atoms. The molecule has 1 atom stereocenters. The number of nitrogens with one attached hydrogen (secondary N) is 1. The number of nitrogens with zero attached hydrogens (tertiary/aromatic N) is 2. The summed E-state index contributed by atoms with van der Waals surface area (Å²) >= 11 is 1.45. The van der Waals surface area contributed by atoms with Crippen LogP contribution in [0.3, 0.4) is 0 Å².